The summed E-state index contributed by atoms with van der Waals surface area (Å²) in [5.41, 5.74) is 5.17. The Morgan fingerprint density at radius 1 is 1.19 bits per heavy atom. The van der Waals surface area contributed by atoms with E-state index in [2.05, 4.69) is 25.9 Å². The van der Waals surface area contributed by atoms with Crippen LogP contribution in [0, 0.1) is 12.8 Å². The molecule has 0 aliphatic carbocycles. The Bertz CT molecular complexity index is 1360. The van der Waals surface area contributed by atoms with Gasteiger partial charge in [-0.2, -0.15) is 0 Å². The monoisotopic (exact) mass is 484 g/mol. The second-order valence-electron chi connectivity index (χ2n) is 9.53. The molecule has 186 valence electrons. The van der Waals surface area contributed by atoms with Crippen LogP contribution in [0.25, 0.3) is 16.9 Å². The van der Waals surface area contributed by atoms with Gasteiger partial charge in [-0.1, -0.05) is 0 Å². The topological polar surface area (TPSA) is 92.6 Å². The molecule has 0 spiro atoms. The Labute approximate surface area is 211 Å². The molecule has 8 nitrogen and oxygen atoms in total. The zero-order valence-corrected chi connectivity index (χ0v) is 20.9. The fourth-order valence-corrected chi connectivity index (χ4v) is 4.55. The molecular formula is C28H32N6O2. The van der Waals surface area contributed by atoms with Crippen molar-refractivity contribution in [1.82, 2.24) is 25.0 Å². The molecule has 1 unspecified atom stereocenters. The van der Waals surface area contributed by atoms with E-state index in [9.17, 15) is 4.79 Å². The molecule has 3 heterocycles. The predicted octanol–water partition coefficient (Wildman–Crippen LogP) is 4.57. The summed E-state index contributed by atoms with van der Waals surface area (Å²) in [6, 6.07) is 13.7. The number of nitrogens with zero attached hydrogens (tertiary/aromatic N) is 3. The summed E-state index contributed by atoms with van der Waals surface area (Å²) in [4.78, 5) is 21.8. The molecule has 2 aromatic heterocycles. The van der Waals surface area contributed by atoms with E-state index in [1.165, 1.54) is 0 Å². The van der Waals surface area contributed by atoms with Crippen molar-refractivity contribution in [3.63, 3.8) is 0 Å². The number of benzene rings is 2. The van der Waals surface area contributed by atoms with Gasteiger partial charge in [0.1, 0.15) is 5.75 Å². The first-order valence-corrected chi connectivity index (χ1v) is 12.4. The van der Waals surface area contributed by atoms with Gasteiger partial charge in [-0.05, 0) is 94.2 Å². The number of aromatic nitrogens is 3. The number of hydrogen-bond donors (Lipinski definition) is 3. The molecule has 8 heteroatoms. The molecule has 0 radical (unpaired) electrons. The average molecular weight is 485 g/mol. The number of nitrogens with one attached hydrogen (secondary N) is 3. The minimum atomic E-state index is -0.0334. The van der Waals surface area contributed by atoms with Gasteiger partial charge in [-0.3, -0.25) is 9.20 Å². The Balaban J connectivity index is 1.32. The molecular weight excluding hydrogens is 452 g/mol. The van der Waals surface area contributed by atoms with Crippen LogP contribution in [0.1, 0.15) is 36.2 Å². The van der Waals surface area contributed by atoms with Gasteiger partial charge in [-0.25, -0.2) is 9.97 Å². The second-order valence-corrected chi connectivity index (χ2v) is 9.53. The van der Waals surface area contributed by atoms with E-state index in [1.54, 1.807) is 6.20 Å². The van der Waals surface area contributed by atoms with Gasteiger partial charge in [0, 0.05) is 35.8 Å². The highest BCUT2D eigenvalue weighted by Gasteiger charge is 2.17. The van der Waals surface area contributed by atoms with E-state index in [0.29, 0.717) is 23.8 Å². The normalized spacial score (nSPS) is 15.4. The molecule has 1 saturated heterocycles. The summed E-state index contributed by atoms with van der Waals surface area (Å²) in [6.45, 7) is 8.67. The summed E-state index contributed by atoms with van der Waals surface area (Å²) in [6.07, 6.45) is 6.74. The molecule has 36 heavy (non-hydrogen) atoms. The summed E-state index contributed by atoms with van der Waals surface area (Å²) in [5, 5.41) is 9.78. The second kappa shape index (κ2) is 10.4. The maximum Gasteiger partial charge on any atom is 0.251 e. The quantitative estimate of drug-likeness (QED) is 0.339. The number of carbonyl (C=O) groups is 1. The highest BCUT2D eigenvalue weighted by atomic mass is 16.5. The third-order valence-corrected chi connectivity index (χ3v) is 6.40. The lowest BCUT2D eigenvalue weighted by molar-refractivity contribution is 0.0947. The third kappa shape index (κ3) is 5.18. The lowest BCUT2D eigenvalue weighted by atomic mass is 10.1. The fraction of sp³-hybridized carbons (Fsp3) is 0.321. The SMILES string of the molecule is Cc1cc(Nc2nccn3c(-c4ccc(OC(C)C)cc4)cnc23)ccc1C(=O)NCC1CCNC1. The van der Waals surface area contributed by atoms with Crippen LogP contribution < -0.4 is 20.7 Å². The zero-order chi connectivity index (χ0) is 25.1. The maximum absolute atomic E-state index is 12.7. The van der Waals surface area contributed by atoms with Crippen LogP contribution in [0.4, 0.5) is 11.5 Å². The first-order valence-electron chi connectivity index (χ1n) is 12.4. The Morgan fingerprint density at radius 3 is 2.75 bits per heavy atom. The van der Waals surface area contributed by atoms with Crippen molar-refractivity contribution in [1.29, 1.82) is 0 Å². The van der Waals surface area contributed by atoms with E-state index < -0.39 is 0 Å². The fourth-order valence-electron chi connectivity index (χ4n) is 4.55. The van der Waals surface area contributed by atoms with Gasteiger partial charge in [0.2, 0.25) is 0 Å². The number of aryl methyl sites for hydroxylation is 1. The minimum absolute atomic E-state index is 0.0334. The lowest BCUT2D eigenvalue weighted by Gasteiger charge is -2.13. The minimum Gasteiger partial charge on any atom is -0.491 e. The van der Waals surface area contributed by atoms with E-state index in [4.69, 9.17) is 4.74 Å². The van der Waals surface area contributed by atoms with Gasteiger partial charge in [0.15, 0.2) is 11.5 Å². The standard InChI is InChI=1S/C28H32N6O2/c1-18(2)36-23-7-4-21(5-8-23)25-17-31-27-26(30-12-13-34(25)27)33-22-6-9-24(19(3)14-22)28(35)32-16-20-10-11-29-15-20/h4-9,12-14,17-18,20,29H,10-11,15-16H2,1-3H3,(H,30,33)(H,32,35). The molecule has 1 atom stereocenters. The molecule has 5 rings (SSSR count). The Hall–Kier alpha value is -3.91. The molecule has 3 N–H and O–H groups in total. The highest BCUT2D eigenvalue weighted by Crippen LogP contribution is 2.27. The van der Waals surface area contributed by atoms with Gasteiger partial charge >= 0.3 is 0 Å². The van der Waals surface area contributed by atoms with Crippen molar-refractivity contribution in [3.8, 4) is 17.0 Å². The predicted molar refractivity (Wildman–Crippen MR) is 142 cm³/mol. The Morgan fingerprint density at radius 2 is 2.03 bits per heavy atom. The number of carbonyl (C=O) groups excluding carboxylic acids is 1. The molecule has 4 aromatic rings. The first kappa shape index (κ1) is 23.8. The number of amides is 1. The number of fused-ring (bicyclic) bond motifs is 1. The van der Waals surface area contributed by atoms with Crippen molar-refractivity contribution >= 4 is 23.1 Å². The van der Waals surface area contributed by atoms with Gasteiger partial charge in [0.25, 0.3) is 5.91 Å². The number of hydrogen-bond acceptors (Lipinski definition) is 6. The molecule has 0 saturated carbocycles. The summed E-state index contributed by atoms with van der Waals surface area (Å²) in [5.74, 6) is 1.96. The van der Waals surface area contributed by atoms with Crippen LogP contribution in [-0.2, 0) is 0 Å². The smallest absolute Gasteiger partial charge is 0.251 e. The number of imidazole rings is 1. The highest BCUT2D eigenvalue weighted by molar-refractivity contribution is 5.96. The van der Waals surface area contributed by atoms with E-state index >= 15 is 0 Å². The largest absolute Gasteiger partial charge is 0.491 e. The van der Waals surface area contributed by atoms with Crippen molar-refractivity contribution in [3.05, 3.63) is 72.2 Å². The molecule has 1 aliphatic heterocycles. The molecule has 1 fully saturated rings. The van der Waals surface area contributed by atoms with Crippen LogP contribution >= 0.6 is 0 Å². The van der Waals surface area contributed by atoms with Crippen molar-refractivity contribution in [2.45, 2.75) is 33.3 Å². The number of anilines is 2. The average Bonchev–Trinajstić information content (AvgIpc) is 3.54. The summed E-state index contributed by atoms with van der Waals surface area (Å²) >= 11 is 0. The molecule has 1 amide bonds. The van der Waals surface area contributed by atoms with Crippen LogP contribution in [0.2, 0.25) is 0 Å². The van der Waals surface area contributed by atoms with Crippen molar-refractivity contribution in [2.24, 2.45) is 5.92 Å². The lowest BCUT2D eigenvalue weighted by Crippen LogP contribution is -2.30. The molecule has 0 bridgehead atoms. The first-order chi connectivity index (χ1) is 17.5. The van der Waals surface area contributed by atoms with Crippen LogP contribution in [0.3, 0.4) is 0 Å². The van der Waals surface area contributed by atoms with E-state index in [-0.39, 0.29) is 12.0 Å². The van der Waals surface area contributed by atoms with Crippen LogP contribution in [-0.4, -0.2) is 46.0 Å². The number of ether oxygens (including phenoxy) is 1. The molecule has 2 aromatic carbocycles. The molecule has 1 aliphatic rings. The van der Waals surface area contributed by atoms with E-state index in [1.807, 2.05) is 80.0 Å². The van der Waals surface area contributed by atoms with Crippen LogP contribution in [0.5, 0.6) is 5.75 Å². The summed E-state index contributed by atoms with van der Waals surface area (Å²) < 4.78 is 7.77. The van der Waals surface area contributed by atoms with Crippen LogP contribution in [0.15, 0.2) is 61.1 Å². The van der Waals surface area contributed by atoms with Gasteiger partial charge < -0.3 is 20.7 Å². The number of rotatable bonds is 8. The summed E-state index contributed by atoms with van der Waals surface area (Å²) in [7, 11) is 0. The van der Waals surface area contributed by atoms with E-state index in [0.717, 1.165) is 53.4 Å². The zero-order valence-electron chi connectivity index (χ0n) is 20.9. The van der Waals surface area contributed by atoms with Crippen molar-refractivity contribution < 1.29 is 9.53 Å². The maximum atomic E-state index is 12.7. The van der Waals surface area contributed by atoms with Gasteiger partial charge in [-0.15, -0.1) is 0 Å². The van der Waals surface area contributed by atoms with Crippen molar-refractivity contribution in [2.75, 3.05) is 25.0 Å². The van der Waals surface area contributed by atoms with Gasteiger partial charge in [0.05, 0.1) is 18.0 Å². The Kier molecular flexibility index (Phi) is 6.86. The third-order valence-electron chi connectivity index (χ3n) is 6.40.